The molecule has 0 bridgehead atoms. The lowest BCUT2D eigenvalue weighted by atomic mass is 9.86. The first-order valence-electron chi connectivity index (χ1n) is 6.48. The fourth-order valence-electron chi connectivity index (χ4n) is 1.35. The van der Waals surface area contributed by atoms with Crippen molar-refractivity contribution in [3.63, 3.8) is 0 Å². The van der Waals surface area contributed by atoms with Gasteiger partial charge in [-0.1, -0.05) is 6.07 Å². The summed E-state index contributed by atoms with van der Waals surface area (Å²) < 4.78 is 0. The van der Waals surface area contributed by atoms with Gasteiger partial charge in [-0.3, -0.25) is 9.59 Å². The highest BCUT2D eigenvalue weighted by Gasteiger charge is 2.36. The van der Waals surface area contributed by atoms with Gasteiger partial charge in [0.25, 0.3) is 5.91 Å². The van der Waals surface area contributed by atoms with Crippen molar-refractivity contribution in [1.29, 1.82) is 0 Å². The molecule has 0 saturated carbocycles. The maximum Gasteiger partial charge on any atom is 0.261 e. The Hall–Kier alpha value is -1.40. The Balaban J connectivity index is 2.36. The predicted molar refractivity (Wildman–Crippen MR) is 79.8 cm³/mol. The van der Waals surface area contributed by atoms with E-state index in [2.05, 4.69) is 10.6 Å². The zero-order valence-corrected chi connectivity index (χ0v) is 13.1. The Morgan fingerprint density at radius 3 is 2.45 bits per heavy atom. The largest absolute Gasteiger partial charge is 0.388 e. The van der Waals surface area contributed by atoms with Crippen LogP contribution in [0.15, 0.2) is 17.5 Å². The molecule has 1 heterocycles. The highest BCUT2D eigenvalue weighted by Crippen LogP contribution is 2.20. The van der Waals surface area contributed by atoms with Gasteiger partial charge in [0.2, 0.25) is 5.91 Å². The number of nitrogens with one attached hydrogen (secondary N) is 2. The van der Waals surface area contributed by atoms with Crippen LogP contribution in [0.1, 0.15) is 43.8 Å². The lowest BCUT2D eigenvalue weighted by molar-refractivity contribution is -0.126. The Morgan fingerprint density at radius 2 is 1.95 bits per heavy atom. The monoisotopic (exact) mass is 298 g/mol. The third-order valence-electron chi connectivity index (χ3n) is 3.36. The van der Waals surface area contributed by atoms with Crippen LogP contribution in [-0.2, 0) is 4.79 Å². The average Bonchev–Trinajstić information content (AvgIpc) is 2.79. The van der Waals surface area contributed by atoms with Crippen molar-refractivity contribution >= 4 is 23.2 Å². The molecule has 1 aromatic rings. The van der Waals surface area contributed by atoms with Crippen LogP contribution in [0.3, 0.4) is 0 Å². The van der Waals surface area contributed by atoms with Gasteiger partial charge in [-0.15, -0.1) is 11.3 Å². The van der Waals surface area contributed by atoms with E-state index in [-0.39, 0.29) is 24.8 Å². The molecule has 1 aromatic heterocycles. The van der Waals surface area contributed by atoms with Crippen LogP contribution in [0.4, 0.5) is 0 Å². The topological polar surface area (TPSA) is 78.4 Å². The van der Waals surface area contributed by atoms with Crippen molar-refractivity contribution in [2.24, 2.45) is 0 Å². The minimum absolute atomic E-state index is 0.172. The molecule has 1 rings (SSSR count). The van der Waals surface area contributed by atoms with E-state index >= 15 is 0 Å². The minimum Gasteiger partial charge on any atom is -0.388 e. The molecule has 0 aliphatic rings. The highest BCUT2D eigenvalue weighted by atomic mass is 32.1. The van der Waals surface area contributed by atoms with Crippen LogP contribution < -0.4 is 10.6 Å². The van der Waals surface area contributed by atoms with Gasteiger partial charge in [0.05, 0.1) is 16.0 Å². The fraction of sp³-hybridized carbons (Fsp3) is 0.571. The van der Waals surface area contributed by atoms with E-state index < -0.39 is 11.1 Å². The van der Waals surface area contributed by atoms with Crippen LogP contribution in [0, 0.1) is 0 Å². The quantitative estimate of drug-likeness (QED) is 0.745. The van der Waals surface area contributed by atoms with Crippen molar-refractivity contribution < 1.29 is 14.7 Å². The normalized spacial score (nSPS) is 12.1. The molecule has 6 heteroatoms. The van der Waals surface area contributed by atoms with E-state index in [4.69, 9.17) is 0 Å². The van der Waals surface area contributed by atoms with Gasteiger partial charge in [-0.25, -0.2) is 0 Å². The number of thiophene rings is 1. The molecule has 0 atom stereocenters. The van der Waals surface area contributed by atoms with Crippen molar-refractivity contribution in [2.75, 3.05) is 6.54 Å². The van der Waals surface area contributed by atoms with Crippen molar-refractivity contribution in [1.82, 2.24) is 10.6 Å². The second kappa shape index (κ2) is 6.37. The number of hydrogen-bond acceptors (Lipinski definition) is 4. The van der Waals surface area contributed by atoms with Gasteiger partial charge in [0.1, 0.15) is 0 Å². The van der Waals surface area contributed by atoms with Gasteiger partial charge in [0, 0.05) is 13.0 Å². The van der Waals surface area contributed by atoms with Crippen LogP contribution in [-0.4, -0.2) is 34.6 Å². The summed E-state index contributed by atoms with van der Waals surface area (Å²) in [5.74, 6) is -0.377. The summed E-state index contributed by atoms with van der Waals surface area (Å²) in [4.78, 5) is 24.1. The molecule has 2 amide bonds. The number of amides is 2. The fourth-order valence-corrected chi connectivity index (χ4v) is 1.99. The van der Waals surface area contributed by atoms with Gasteiger partial charge in [0.15, 0.2) is 0 Å². The van der Waals surface area contributed by atoms with Gasteiger partial charge >= 0.3 is 0 Å². The molecule has 0 fully saturated rings. The Kier molecular flexibility index (Phi) is 5.30. The van der Waals surface area contributed by atoms with Crippen molar-refractivity contribution in [2.45, 2.75) is 45.3 Å². The van der Waals surface area contributed by atoms with Crippen LogP contribution in [0.5, 0.6) is 0 Å². The summed E-state index contributed by atoms with van der Waals surface area (Å²) in [6.45, 7) is 7.08. The Labute approximate surface area is 123 Å². The molecule has 112 valence electrons. The first-order valence-corrected chi connectivity index (χ1v) is 7.36. The first kappa shape index (κ1) is 16.7. The molecule has 3 N–H and O–H groups in total. The van der Waals surface area contributed by atoms with E-state index in [0.29, 0.717) is 4.88 Å². The second-order valence-corrected chi connectivity index (χ2v) is 6.66. The third kappa shape index (κ3) is 4.61. The number of aliphatic hydroxyl groups is 1. The smallest absolute Gasteiger partial charge is 0.261 e. The zero-order chi connectivity index (χ0) is 15.4. The van der Waals surface area contributed by atoms with Gasteiger partial charge in [-0.2, -0.15) is 0 Å². The van der Waals surface area contributed by atoms with E-state index in [1.807, 2.05) is 5.38 Å². The molecule has 0 aliphatic carbocycles. The number of rotatable bonds is 6. The van der Waals surface area contributed by atoms with Crippen molar-refractivity contribution in [3.05, 3.63) is 22.4 Å². The summed E-state index contributed by atoms with van der Waals surface area (Å²) >= 11 is 1.36. The van der Waals surface area contributed by atoms with Gasteiger partial charge < -0.3 is 15.7 Å². The number of hydrogen-bond donors (Lipinski definition) is 3. The van der Waals surface area contributed by atoms with Crippen molar-refractivity contribution in [3.8, 4) is 0 Å². The van der Waals surface area contributed by atoms with Crippen LogP contribution in [0.25, 0.3) is 0 Å². The van der Waals surface area contributed by atoms with Gasteiger partial charge in [-0.05, 0) is 39.1 Å². The summed E-state index contributed by atoms with van der Waals surface area (Å²) in [5.41, 5.74) is -1.76. The summed E-state index contributed by atoms with van der Waals surface area (Å²) in [6, 6.07) is 3.54. The molecule has 0 spiro atoms. The van der Waals surface area contributed by atoms with Crippen LogP contribution in [0.2, 0.25) is 0 Å². The highest BCUT2D eigenvalue weighted by molar-refractivity contribution is 7.12. The molecular formula is C14H22N2O3S. The number of carbonyl (C=O) groups excluding carboxylic acids is 2. The molecule has 0 aromatic carbocycles. The lowest BCUT2D eigenvalue weighted by Crippen LogP contribution is -2.58. The maximum atomic E-state index is 11.8. The zero-order valence-electron chi connectivity index (χ0n) is 12.3. The second-order valence-electron chi connectivity index (χ2n) is 5.72. The molecule has 20 heavy (non-hydrogen) atoms. The molecular weight excluding hydrogens is 276 g/mol. The molecule has 0 aliphatic heterocycles. The van der Waals surface area contributed by atoms with E-state index in [1.54, 1.807) is 39.8 Å². The van der Waals surface area contributed by atoms with E-state index in [9.17, 15) is 14.7 Å². The third-order valence-corrected chi connectivity index (χ3v) is 4.23. The summed E-state index contributed by atoms with van der Waals surface area (Å²) in [5, 5.41) is 17.2. The predicted octanol–water partition coefficient (Wildman–Crippen LogP) is 1.53. The van der Waals surface area contributed by atoms with E-state index in [0.717, 1.165) is 0 Å². The molecule has 5 nitrogen and oxygen atoms in total. The molecule has 0 saturated heterocycles. The average molecular weight is 298 g/mol. The summed E-state index contributed by atoms with van der Waals surface area (Å²) in [7, 11) is 0. The SMILES string of the molecule is CC(C)(O)C(C)(C)NC(=O)CCNC(=O)c1cccs1. The standard InChI is InChI=1S/C14H22N2O3S/c1-13(2,14(3,4)19)16-11(17)7-8-15-12(18)10-6-5-9-20-10/h5-6,9,19H,7-8H2,1-4H3,(H,15,18)(H,16,17). The lowest BCUT2D eigenvalue weighted by Gasteiger charge is -2.38. The summed E-state index contributed by atoms with van der Waals surface area (Å²) in [6.07, 6.45) is 0.177. The first-order chi connectivity index (χ1) is 9.13. The molecule has 0 unspecified atom stereocenters. The number of carbonyl (C=O) groups is 2. The maximum absolute atomic E-state index is 11.8. The Morgan fingerprint density at radius 1 is 1.30 bits per heavy atom. The molecule has 0 radical (unpaired) electrons. The van der Waals surface area contributed by atoms with Crippen LogP contribution >= 0.6 is 11.3 Å². The Bertz CT molecular complexity index is 461. The minimum atomic E-state index is -1.02. The van der Waals surface area contributed by atoms with E-state index in [1.165, 1.54) is 11.3 Å².